The molecule has 1 spiro atoms. The second-order valence-corrected chi connectivity index (χ2v) is 18.2. The van der Waals surface area contributed by atoms with Gasteiger partial charge in [0.15, 0.2) is 11.7 Å². The first-order valence-corrected chi connectivity index (χ1v) is 21.6. The van der Waals surface area contributed by atoms with Gasteiger partial charge in [0.1, 0.15) is 5.75 Å². The smallest absolute Gasteiger partial charge is 0.188 e. The molecule has 0 amide bonds. The lowest BCUT2D eigenvalue weighted by molar-refractivity contribution is 0.0149. The normalized spacial score (nSPS) is 26.5. The molecule has 0 bridgehead atoms. The second kappa shape index (κ2) is 18.1. The van der Waals surface area contributed by atoms with Crippen molar-refractivity contribution in [2.75, 3.05) is 19.0 Å². The number of fused-ring (bicyclic) bond motifs is 1. The summed E-state index contributed by atoms with van der Waals surface area (Å²) in [5.74, 6) is 6.80. The molecule has 0 radical (unpaired) electrons. The number of carbonyl (C=O) groups is 1. The molecule has 2 aliphatic carbocycles. The molecule has 1 aromatic carbocycles. The van der Waals surface area contributed by atoms with Crippen molar-refractivity contribution in [1.82, 2.24) is 5.32 Å². The topological polar surface area (TPSA) is 160 Å². The van der Waals surface area contributed by atoms with E-state index in [1.807, 2.05) is 37.3 Å². The SMILES string of the molecule is CC#Cc1ccc(-c2ccc(C(=O)[C@H]3CC[C@H]([C@H](Cc4cc(O)c5c(c4)N[C@H]([C@H](C)O)C=C5)NC(N)=NC)C[C@@]34C[C@H](CCCCC)[C@@H]([C@H](O)CO)C4)s2)s1. The van der Waals surface area contributed by atoms with Crippen LogP contribution in [0.15, 0.2) is 47.5 Å². The minimum atomic E-state index is -0.836. The fourth-order valence-corrected chi connectivity index (χ4v) is 11.7. The summed E-state index contributed by atoms with van der Waals surface area (Å²) in [5, 5.41) is 49.8. The Labute approximate surface area is 334 Å². The molecular formula is C44H58N4O5S2. The van der Waals surface area contributed by atoms with Crippen molar-refractivity contribution in [3.8, 4) is 27.3 Å². The minimum absolute atomic E-state index is 0.0914. The van der Waals surface area contributed by atoms with E-state index >= 15 is 0 Å². The van der Waals surface area contributed by atoms with Gasteiger partial charge in [-0.15, -0.1) is 28.6 Å². The van der Waals surface area contributed by atoms with Crippen molar-refractivity contribution >= 4 is 46.2 Å². The third kappa shape index (κ3) is 9.16. The zero-order chi connectivity index (χ0) is 39.3. The number of anilines is 1. The Morgan fingerprint density at radius 1 is 1.11 bits per heavy atom. The molecule has 2 fully saturated rings. The summed E-state index contributed by atoms with van der Waals surface area (Å²) < 4.78 is 0. The molecular weight excluding hydrogens is 729 g/mol. The highest BCUT2D eigenvalue weighted by Crippen LogP contribution is 2.61. The first-order valence-electron chi connectivity index (χ1n) is 19.9. The Morgan fingerprint density at radius 3 is 2.62 bits per heavy atom. The number of carbonyl (C=O) groups excluding carboxylic acids is 1. The van der Waals surface area contributed by atoms with Crippen LogP contribution in [0.1, 0.15) is 104 Å². The van der Waals surface area contributed by atoms with E-state index in [4.69, 9.17) is 5.73 Å². The van der Waals surface area contributed by atoms with Crippen molar-refractivity contribution in [2.45, 2.75) is 109 Å². The number of aliphatic hydroxyl groups is 3. The molecule has 9 atom stereocenters. The number of ketones is 1. The minimum Gasteiger partial charge on any atom is -0.507 e. The number of hydrogen-bond acceptors (Lipinski definition) is 9. The molecule has 3 heterocycles. The predicted octanol–water partition coefficient (Wildman–Crippen LogP) is 7.43. The molecule has 3 aliphatic rings. The molecule has 11 heteroatoms. The molecule has 9 nitrogen and oxygen atoms in total. The Morgan fingerprint density at radius 2 is 1.89 bits per heavy atom. The lowest BCUT2D eigenvalue weighted by Gasteiger charge is -2.47. The largest absolute Gasteiger partial charge is 0.507 e. The third-order valence-electron chi connectivity index (χ3n) is 12.4. The lowest BCUT2D eigenvalue weighted by atomic mass is 9.58. The summed E-state index contributed by atoms with van der Waals surface area (Å²) in [6.45, 7) is 5.47. The molecule has 8 N–H and O–H groups in total. The number of unbranched alkanes of at least 4 members (excludes halogenated alkanes) is 2. The van der Waals surface area contributed by atoms with Gasteiger partial charge < -0.3 is 36.8 Å². The molecule has 3 aromatic rings. The number of phenols is 1. The number of benzene rings is 1. The van der Waals surface area contributed by atoms with Crippen LogP contribution >= 0.6 is 22.7 Å². The maximum atomic E-state index is 14.8. The predicted molar refractivity (Wildman–Crippen MR) is 226 cm³/mol. The summed E-state index contributed by atoms with van der Waals surface area (Å²) in [7, 11) is 1.66. The Bertz CT molecular complexity index is 1920. The summed E-state index contributed by atoms with van der Waals surface area (Å²) in [6.07, 6.45) is 10.8. The first kappa shape index (κ1) is 41.0. The number of aliphatic imine (C=N–C) groups is 1. The molecule has 2 saturated carbocycles. The number of thiophene rings is 2. The number of guanidine groups is 1. The van der Waals surface area contributed by atoms with E-state index in [1.54, 1.807) is 42.7 Å². The van der Waals surface area contributed by atoms with Crippen LogP contribution in [0.2, 0.25) is 0 Å². The summed E-state index contributed by atoms with van der Waals surface area (Å²) >= 11 is 3.19. The Hall–Kier alpha value is -3.66. The van der Waals surface area contributed by atoms with Gasteiger partial charge in [0.2, 0.25) is 0 Å². The Balaban J connectivity index is 1.33. The zero-order valence-corrected chi connectivity index (χ0v) is 34.2. The summed E-state index contributed by atoms with van der Waals surface area (Å²) in [6, 6.07) is 11.6. The van der Waals surface area contributed by atoms with Crippen LogP contribution in [-0.4, -0.2) is 70.1 Å². The number of phenolic OH excluding ortho intramolecular Hbond substituents is 1. The molecule has 296 valence electrons. The second-order valence-electron chi connectivity index (χ2n) is 16.0. The maximum absolute atomic E-state index is 14.8. The van der Waals surface area contributed by atoms with Crippen LogP contribution in [0.4, 0.5) is 5.69 Å². The van der Waals surface area contributed by atoms with Crippen LogP contribution in [0.3, 0.4) is 0 Å². The Kier molecular flexibility index (Phi) is 13.5. The third-order valence-corrected chi connectivity index (χ3v) is 14.7. The van der Waals surface area contributed by atoms with Crippen LogP contribution in [0, 0.1) is 40.9 Å². The standard InChI is InChI=1S/C44H58N4O5S2/c1-5-7-8-10-28-22-44(24-32(28)38(52)25-49)23-29(11-14-33(44)42(53)41-18-17-40(55-41)39-16-12-30(54-39)9-6-2)35(48-43(45)46-4)19-27-20-36-31(37(51)21-27)13-15-34(47-36)26(3)50/h12-13,15-18,20-21,26,28-29,32-35,38,47,49-52H,5,7-8,10-11,14,19,22-25H2,1-4H3,(H3,45,46,48)/t26-,28-,29-,32-,33+,34-,35-,38+,44+/m0/s1. The van der Waals surface area contributed by atoms with E-state index in [0.29, 0.717) is 30.8 Å². The quantitative estimate of drug-likeness (QED) is 0.0292. The highest BCUT2D eigenvalue weighted by Gasteiger charge is 2.56. The van der Waals surface area contributed by atoms with Gasteiger partial charge in [0, 0.05) is 40.0 Å². The van der Waals surface area contributed by atoms with Gasteiger partial charge in [0.05, 0.1) is 34.6 Å². The van der Waals surface area contributed by atoms with Gasteiger partial charge in [0.25, 0.3) is 0 Å². The van der Waals surface area contributed by atoms with Crippen LogP contribution < -0.4 is 16.4 Å². The zero-order valence-electron chi connectivity index (χ0n) is 32.6. The average molecular weight is 787 g/mol. The van der Waals surface area contributed by atoms with E-state index in [2.05, 4.69) is 46.5 Å². The fourth-order valence-electron chi connectivity index (χ4n) is 9.71. The lowest BCUT2D eigenvalue weighted by Crippen LogP contribution is -2.50. The van der Waals surface area contributed by atoms with E-state index in [9.17, 15) is 25.2 Å². The van der Waals surface area contributed by atoms with E-state index in [0.717, 1.165) is 75.7 Å². The van der Waals surface area contributed by atoms with E-state index in [-0.39, 0.29) is 59.3 Å². The fraction of sp³-hybridized carbons (Fsp3) is 0.545. The monoisotopic (exact) mass is 786 g/mol. The number of Topliss-reactive ketones (excluding diaryl/α,β-unsaturated/α-hetero) is 1. The number of rotatable bonds is 14. The van der Waals surface area contributed by atoms with Gasteiger partial charge in [-0.1, -0.05) is 50.7 Å². The number of hydrogen-bond donors (Lipinski definition) is 7. The van der Waals surface area contributed by atoms with Gasteiger partial charge in [-0.2, -0.15) is 0 Å². The van der Waals surface area contributed by atoms with E-state index < -0.39 is 12.2 Å². The van der Waals surface area contributed by atoms with E-state index in [1.165, 1.54) is 0 Å². The summed E-state index contributed by atoms with van der Waals surface area (Å²) in [5.41, 5.74) is 8.39. The number of nitrogens with two attached hydrogens (primary N) is 1. The maximum Gasteiger partial charge on any atom is 0.188 e. The average Bonchev–Trinajstić information content (AvgIpc) is 3.94. The van der Waals surface area contributed by atoms with Crippen LogP contribution in [0.25, 0.3) is 15.8 Å². The summed E-state index contributed by atoms with van der Waals surface area (Å²) in [4.78, 5) is 23.0. The van der Waals surface area contributed by atoms with Crippen molar-refractivity contribution in [2.24, 2.45) is 39.8 Å². The first-order chi connectivity index (χ1) is 26.5. The molecule has 1 aliphatic heterocycles. The van der Waals surface area contributed by atoms with Crippen molar-refractivity contribution in [1.29, 1.82) is 0 Å². The van der Waals surface area contributed by atoms with Crippen LogP contribution in [-0.2, 0) is 6.42 Å². The number of aromatic hydroxyl groups is 1. The van der Waals surface area contributed by atoms with Crippen molar-refractivity contribution < 1.29 is 25.2 Å². The van der Waals surface area contributed by atoms with Crippen molar-refractivity contribution in [3.05, 3.63) is 63.4 Å². The molecule has 0 unspecified atom stereocenters. The number of nitrogens with one attached hydrogen (secondary N) is 2. The number of nitrogens with zero attached hydrogens (tertiary/aromatic N) is 1. The van der Waals surface area contributed by atoms with Crippen molar-refractivity contribution in [3.63, 3.8) is 0 Å². The molecule has 6 rings (SSSR count). The van der Waals surface area contributed by atoms with Gasteiger partial charge >= 0.3 is 0 Å². The van der Waals surface area contributed by atoms with Gasteiger partial charge in [-0.25, -0.2) is 0 Å². The van der Waals surface area contributed by atoms with Gasteiger partial charge in [-0.3, -0.25) is 9.79 Å². The molecule has 2 aromatic heterocycles. The number of aliphatic hydroxyl groups excluding tert-OH is 3. The highest BCUT2D eigenvalue weighted by atomic mass is 32.1. The molecule has 0 saturated heterocycles. The highest BCUT2D eigenvalue weighted by molar-refractivity contribution is 7.23. The van der Waals surface area contributed by atoms with Gasteiger partial charge in [-0.05, 0) is 118 Å². The van der Waals surface area contributed by atoms with Crippen LogP contribution in [0.5, 0.6) is 5.75 Å². The molecule has 55 heavy (non-hydrogen) atoms.